The summed E-state index contributed by atoms with van der Waals surface area (Å²) in [5.41, 5.74) is 2.00. The van der Waals surface area contributed by atoms with Crippen molar-refractivity contribution in [2.45, 2.75) is 13.8 Å². The molecule has 5 nitrogen and oxygen atoms in total. The van der Waals surface area contributed by atoms with Crippen LogP contribution >= 0.6 is 0 Å². The molecule has 5 heteroatoms. The molecule has 0 aliphatic heterocycles. The Bertz CT molecular complexity index is 607. The average Bonchev–Trinajstić information content (AvgIpc) is 2.54. The summed E-state index contributed by atoms with van der Waals surface area (Å²) in [7, 11) is 1.60. The number of carbonyl (C=O) groups is 1. The van der Waals surface area contributed by atoms with Gasteiger partial charge in [0.2, 0.25) is 0 Å². The Balaban J connectivity index is 1.96. The number of ether oxygens (including phenoxy) is 1. The van der Waals surface area contributed by atoms with Crippen LogP contribution in [0, 0.1) is 5.92 Å². The molecule has 1 amide bonds. The quantitative estimate of drug-likeness (QED) is 0.858. The Labute approximate surface area is 130 Å². The molecule has 0 aliphatic carbocycles. The van der Waals surface area contributed by atoms with Gasteiger partial charge in [-0.05, 0) is 42.3 Å². The van der Waals surface area contributed by atoms with Crippen LogP contribution < -0.4 is 15.4 Å². The highest BCUT2D eigenvalue weighted by Gasteiger charge is 2.08. The van der Waals surface area contributed by atoms with Gasteiger partial charge in [0.05, 0.1) is 19.0 Å². The second-order valence-corrected chi connectivity index (χ2v) is 5.39. The van der Waals surface area contributed by atoms with Gasteiger partial charge in [-0.25, -0.2) is 4.98 Å². The summed E-state index contributed by atoms with van der Waals surface area (Å²) >= 11 is 0. The molecule has 116 valence electrons. The average molecular weight is 299 g/mol. The summed E-state index contributed by atoms with van der Waals surface area (Å²) in [4.78, 5) is 16.3. The maximum Gasteiger partial charge on any atom is 0.274 e. The first-order valence-corrected chi connectivity index (χ1v) is 7.24. The number of amides is 1. The van der Waals surface area contributed by atoms with E-state index in [1.165, 1.54) is 0 Å². The molecule has 22 heavy (non-hydrogen) atoms. The van der Waals surface area contributed by atoms with Gasteiger partial charge < -0.3 is 15.4 Å². The number of nitrogens with zero attached hydrogens (tertiary/aromatic N) is 1. The third-order valence-corrected chi connectivity index (χ3v) is 3.06. The van der Waals surface area contributed by atoms with Crippen LogP contribution in [0.4, 0.5) is 11.4 Å². The summed E-state index contributed by atoms with van der Waals surface area (Å²) in [6.07, 6.45) is 1.67. The van der Waals surface area contributed by atoms with Crippen LogP contribution in [0.3, 0.4) is 0 Å². The van der Waals surface area contributed by atoms with E-state index in [-0.39, 0.29) is 5.91 Å². The number of carbonyl (C=O) groups excluding carboxylic acids is 1. The topological polar surface area (TPSA) is 63.2 Å². The second-order valence-electron chi connectivity index (χ2n) is 5.39. The van der Waals surface area contributed by atoms with Crippen LogP contribution in [0.5, 0.6) is 5.75 Å². The molecule has 0 bridgehead atoms. The highest BCUT2D eigenvalue weighted by atomic mass is 16.5. The minimum atomic E-state index is -0.236. The van der Waals surface area contributed by atoms with Gasteiger partial charge in [0, 0.05) is 12.2 Å². The third-order valence-electron chi connectivity index (χ3n) is 3.06. The SMILES string of the molecule is COc1ccc(NC(=O)c2ccc(NCC(C)C)cn2)cc1. The van der Waals surface area contributed by atoms with Gasteiger partial charge in [0.15, 0.2) is 0 Å². The van der Waals surface area contributed by atoms with Crippen LogP contribution in [0.15, 0.2) is 42.6 Å². The number of nitrogens with one attached hydrogen (secondary N) is 2. The Morgan fingerprint density at radius 3 is 2.36 bits per heavy atom. The van der Waals surface area contributed by atoms with E-state index in [0.29, 0.717) is 17.3 Å². The Hall–Kier alpha value is -2.56. The van der Waals surface area contributed by atoms with E-state index in [9.17, 15) is 4.79 Å². The van der Waals surface area contributed by atoms with Crippen molar-refractivity contribution in [2.24, 2.45) is 5.92 Å². The molecule has 0 atom stereocenters. The standard InChI is InChI=1S/C17H21N3O2/c1-12(2)10-18-14-6-9-16(19-11-14)17(21)20-13-4-7-15(22-3)8-5-13/h4-9,11-12,18H,10H2,1-3H3,(H,20,21). The van der Waals surface area contributed by atoms with Crippen molar-refractivity contribution in [3.8, 4) is 5.75 Å². The molecular weight excluding hydrogens is 278 g/mol. The lowest BCUT2D eigenvalue weighted by atomic mass is 10.2. The molecule has 2 aromatic rings. The van der Waals surface area contributed by atoms with E-state index in [1.807, 2.05) is 6.07 Å². The first-order valence-electron chi connectivity index (χ1n) is 7.24. The Kier molecular flexibility index (Phi) is 5.36. The minimum Gasteiger partial charge on any atom is -0.497 e. The van der Waals surface area contributed by atoms with Gasteiger partial charge in [0.25, 0.3) is 5.91 Å². The molecule has 0 aliphatic rings. The maximum atomic E-state index is 12.1. The summed E-state index contributed by atoms with van der Waals surface area (Å²) in [5.74, 6) is 1.07. The number of rotatable bonds is 6. The lowest BCUT2D eigenvalue weighted by Crippen LogP contribution is -2.14. The summed E-state index contributed by atoms with van der Waals surface area (Å²) in [6.45, 7) is 5.15. The lowest BCUT2D eigenvalue weighted by Gasteiger charge is -2.09. The number of pyridine rings is 1. The third kappa shape index (κ3) is 4.48. The van der Waals surface area contributed by atoms with Crippen LogP contribution in [0.25, 0.3) is 0 Å². The number of hydrogen-bond donors (Lipinski definition) is 2. The molecule has 0 saturated heterocycles. The molecule has 1 heterocycles. The van der Waals surface area contributed by atoms with Crippen LogP contribution in [0.2, 0.25) is 0 Å². The van der Waals surface area contributed by atoms with E-state index < -0.39 is 0 Å². The van der Waals surface area contributed by atoms with E-state index >= 15 is 0 Å². The van der Waals surface area contributed by atoms with Crippen LogP contribution in [-0.2, 0) is 0 Å². The molecule has 1 aromatic carbocycles. The van der Waals surface area contributed by atoms with Gasteiger partial charge >= 0.3 is 0 Å². The van der Waals surface area contributed by atoms with E-state index in [0.717, 1.165) is 18.0 Å². The molecule has 2 N–H and O–H groups in total. The molecule has 2 rings (SSSR count). The molecule has 0 radical (unpaired) electrons. The molecule has 0 unspecified atom stereocenters. The van der Waals surface area contributed by atoms with Crippen molar-refractivity contribution in [1.82, 2.24) is 4.98 Å². The number of benzene rings is 1. The fourth-order valence-electron chi connectivity index (χ4n) is 1.82. The van der Waals surface area contributed by atoms with Gasteiger partial charge in [-0.2, -0.15) is 0 Å². The number of hydrogen-bond acceptors (Lipinski definition) is 4. The molecule has 0 spiro atoms. The predicted molar refractivity (Wildman–Crippen MR) is 88.5 cm³/mol. The zero-order chi connectivity index (χ0) is 15.9. The zero-order valence-corrected chi connectivity index (χ0v) is 13.1. The lowest BCUT2D eigenvalue weighted by molar-refractivity contribution is 0.102. The smallest absolute Gasteiger partial charge is 0.274 e. The second kappa shape index (κ2) is 7.45. The zero-order valence-electron chi connectivity index (χ0n) is 13.1. The Morgan fingerprint density at radius 2 is 1.82 bits per heavy atom. The monoisotopic (exact) mass is 299 g/mol. The van der Waals surface area contributed by atoms with Crippen molar-refractivity contribution in [2.75, 3.05) is 24.3 Å². The fraction of sp³-hybridized carbons (Fsp3) is 0.294. The summed E-state index contributed by atoms with van der Waals surface area (Å²) < 4.78 is 5.08. The number of anilines is 2. The summed E-state index contributed by atoms with van der Waals surface area (Å²) in [6, 6.07) is 10.7. The van der Waals surface area contributed by atoms with Crippen LogP contribution in [-0.4, -0.2) is 24.5 Å². The van der Waals surface area contributed by atoms with E-state index in [4.69, 9.17) is 4.74 Å². The minimum absolute atomic E-state index is 0.236. The normalized spacial score (nSPS) is 10.4. The van der Waals surface area contributed by atoms with Gasteiger partial charge in [-0.15, -0.1) is 0 Å². The number of methoxy groups -OCH3 is 1. The van der Waals surface area contributed by atoms with Crippen molar-refractivity contribution in [3.63, 3.8) is 0 Å². The molecule has 1 aromatic heterocycles. The first kappa shape index (κ1) is 15.8. The predicted octanol–water partition coefficient (Wildman–Crippen LogP) is 3.41. The molecule has 0 fully saturated rings. The van der Waals surface area contributed by atoms with Crippen LogP contribution in [0.1, 0.15) is 24.3 Å². The first-order chi connectivity index (χ1) is 10.6. The fourth-order valence-corrected chi connectivity index (χ4v) is 1.82. The molecule has 0 saturated carbocycles. The van der Waals surface area contributed by atoms with E-state index in [2.05, 4.69) is 29.5 Å². The highest BCUT2D eigenvalue weighted by Crippen LogP contribution is 2.16. The van der Waals surface area contributed by atoms with Gasteiger partial charge in [-0.1, -0.05) is 13.8 Å². The Morgan fingerprint density at radius 1 is 1.14 bits per heavy atom. The molecular formula is C17H21N3O2. The van der Waals surface area contributed by atoms with Crippen molar-refractivity contribution in [1.29, 1.82) is 0 Å². The summed E-state index contributed by atoms with van der Waals surface area (Å²) in [5, 5.41) is 6.07. The van der Waals surface area contributed by atoms with Gasteiger partial charge in [0.1, 0.15) is 11.4 Å². The highest BCUT2D eigenvalue weighted by molar-refractivity contribution is 6.02. The van der Waals surface area contributed by atoms with Crippen molar-refractivity contribution in [3.05, 3.63) is 48.3 Å². The number of aromatic nitrogens is 1. The largest absolute Gasteiger partial charge is 0.497 e. The van der Waals surface area contributed by atoms with Crippen molar-refractivity contribution < 1.29 is 9.53 Å². The maximum absolute atomic E-state index is 12.1. The van der Waals surface area contributed by atoms with Crippen molar-refractivity contribution >= 4 is 17.3 Å². The van der Waals surface area contributed by atoms with E-state index in [1.54, 1.807) is 43.6 Å². The van der Waals surface area contributed by atoms with Gasteiger partial charge in [-0.3, -0.25) is 4.79 Å².